The van der Waals surface area contributed by atoms with Gasteiger partial charge in [0, 0.05) is 38.8 Å². The Hall–Kier alpha value is -0.120. The maximum Gasteiger partial charge on any atom is 0.0247 e. The first kappa shape index (κ1) is 12.9. The summed E-state index contributed by atoms with van der Waals surface area (Å²) in [5, 5.41) is 0. The third kappa shape index (κ3) is 3.44. The number of likely N-dealkylation sites (N-methyl/N-ethyl adjacent to an activating group) is 1. The summed E-state index contributed by atoms with van der Waals surface area (Å²) in [6, 6.07) is 0.605. The zero-order chi connectivity index (χ0) is 11.3. The predicted molar refractivity (Wildman–Crippen MR) is 66.0 cm³/mol. The van der Waals surface area contributed by atoms with Crippen LogP contribution < -0.4 is 5.73 Å². The Kier molecular flexibility index (Phi) is 5.58. The van der Waals surface area contributed by atoms with Crippen LogP contribution in [0.25, 0.3) is 0 Å². The summed E-state index contributed by atoms with van der Waals surface area (Å²) in [5.41, 5.74) is 5.94. The Labute approximate surface area is 94.6 Å². The molecule has 0 bridgehead atoms. The smallest absolute Gasteiger partial charge is 0.0247 e. The SMILES string of the molecule is CCC(CC)C(CN)N1CCN(C)CC1. The van der Waals surface area contributed by atoms with Crippen LogP contribution in [0.4, 0.5) is 0 Å². The maximum atomic E-state index is 5.94. The molecule has 0 radical (unpaired) electrons. The van der Waals surface area contributed by atoms with Gasteiger partial charge in [0.15, 0.2) is 0 Å². The van der Waals surface area contributed by atoms with Crippen molar-refractivity contribution in [2.45, 2.75) is 32.7 Å². The molecule has 1 aliphatic rings. The predicted octanol–water partition coefficient (Wildman–Crippen LogP) is 0.997. The minimum Gasteiger partial charge on any atom is -0.329 e. The van der Waals surface area contributed by atoms with Crippen LogP contribution in [0.1, 0.15) is 26.7 Å². The Morgan fingerprint density at radius 3 is 2.00 bits per heavy atom. The zero-order valence-corrected chi connectivity index (χ0v) is 10.6. The molecule has 1 aliphatic heterocycles. The van der Waals surface area contributed by atoms with Crippen LogP contribution in [0.5, 0.6) is 0 Å². The molecule has 1 heterocycles. The van der Waals surface area contributed by atoms with Gasteiger partial charge in [-0.1, -0.05) is 26.7 Å². The first-order chi connectivity index (χ1) is 7.22. The van der Waals surface area contributed by atoms with Gasteiger partial charge in [0.25, 0.3) is 0 Å². The lowest BCUT2D eigenvalue weighted by Crippen LogP contribution is -2.53. The second-order valence-electron chi connectivity index (χ2n) is 4.72. The van der Waals surface area contributed by atoms with Gasteiger partial charge in [-0.2, -0.15) is 0 Å². The molecule has 0 saturated carbocycles. The van der Waals surface area contributed by atoms with E-state index in [1.165, 1.54) is 39.0 Å². The van der Waals surface area contributed by atoms with Gasteiger partial charge in [0.05, 0.1) is 0 Å². The largest absolute Gasteiger partial charge is 0.329 e. The van der Waals surface area contributed by atoms with Crippen molar-refractivity contribution in [3.8, 4) is 0 Å². The fraction of sp³-hybridized carbons (Fsp3) is 1.00. The highest BCUT2D eigenvalue weighted by Gasteiger charge is 2.26. The zero-order valence-electron chi connectivity index (χ0n) is 10.6. The van der Waals surface area contributed by atoms with E-state index < -0.39 is 0 Å². The Balaban J connectivity index is 2.50. The molecule has 1 saturated heterocycles. The van der Waals surface area contributed by atoms with E-state index >= 15 is 0 Å². The highest BCUT2D eigenvalue weighted by molar-refractivity contribution is 4.82. The molecule has 3 heteroatoms. The average molecular weight is 213 g/mol. The van der Waals surface area contributed by atoms with E-state index in [4.69, 9.17) is 5.73 Å². The highest BCUT2D eigenvalue weighted by Crippen LogP contribution is 2.19. The van der Waals surface area contributed by atoms with Gasteiger partial charge >= 0.3 is 0 Å². The molecular weight excluding hydrogens is 186 g/mol. The molecule has 0 aromatic heterocycles. The van der Waals surface area contributed by atoms with E-state index in [0.717, 1.165) is 12.5 Å². The number of nitrogens with zero attached hydrogens (tertiary/aromatic N) is 2. The summed E-state index contributed by atoms with van der Waals surface area (Å²) in [6.45, 7) is 10.1. The minimum atomic E-state index is 0.605. The van der Waals surface area contributed by atoms with Crippen LogP contribution in [-0.4, -0.2) is 55.6 Å². The third-order valence-corrected chi connectivity index (χ3v) is 3.84. The molecule has 0 spiro atoms. The van der Waals surface area contributed by atoms with E-state index in [2.05, 4.69) is 30.7 Å². The summed E-state index contributed by atoms with van der Waals surface area (Å²) in [6.07, 6.45) is 2.51. The molecule has 0 aromatic carbocycles. The van der Waals surface area contributed by atoms with Gasteiger partial charge in [0.2, 0.25) is 0 Å². The number of hydrogen-bond acceptors (Lipinski definition) is 3. The minimum absolute atomic E-state index is 0.605. The maximum absolute atomic E-state index is 5.94. The lowest BCUT2D eigenvalue weighted by Gasteiger charge is -2.40. The van der Waals surface area contributed by atoms with E-state index in [1.807, 2.05) is 0 Å². The summed E-state index contributed by atoms with van der Waals surface area (Å²) in [5.74, 6) is 0.776. The lowest BCUT2D eigenvalue weighted by atomic mass is 9.92. The van der Waals surface area contributed by atoms with E-state index in [-0.39, 0.29) is 0 Å². The molecule has 1 unspecified atom stereocenters. The second-order valence-corrected chi connectivity index (χ2v) is 4.72. The van der Waals surface area contributed by atoms with Crippen LogP contribution in [-0.2, 0) is 0 Å². The fourth-order valence-corrected chi connectivity index (χ4v) is 2.63. The molecule has 1 rings (SSSR count). The quantitative estimate of drug-likeness (QED) is 0.739. The second kappa shape index (κ2) is 6.46. The van der Waals surface area contributed by atoms with Crippen LogP contribution in [0.15, 0.2) is 0 Å². The van der Waals surface area contributed by atoms with Crippen LogP contribution in [0.3, 0.4) is 0 Å². The third-order valence-electron chi connectivity index (χ3n) is 3.84. The van der Waals surface area contributed by atoms with Gasteiger partial charge in [-0.15, -0.1) is 0 Å². The first-order valence-corrected chi connectivity index (χ1v) is 6.35. The molecule has 3 nitrogen and oxygen atoms in total. The van der Waals surface area contributed by atoms with Gasteiger partial charge in [-0.05, 0) is 13.0 Å². The molecule has 90 valence electrons. The van der Waals surface area contributed by atoms with E-state index in [0.29, 0.717) is 6.04 Å². The summed E-state index contributed by atoms with van der Waals surface area (Å²) in [7, 11) is 2.20. The molecule has 1 atom stereocenters. The summed E-state index contributed by atoms with van der Waals surface area (Å²) < 4.78 is 0. The van der Waals surface area contributed by atoms with Crippen molar-refractivity contribution in [2.24, 2.45) is 11.7 Å². The van der Waals surface area contributed by atoms with Gasteiger partial charge in [-0.25, -0.2) is 0 Å². The van der Waals surface area contributed by atoms with Crippen LogP contribution in [0, 0.1) is 5.92 Å². The van der Waals surface area contributed by atoms with Crippen LogP contribution >= 0.6 is 0 Å². The number of nitrogens with two attached hydrogens (primary N) is 1. The number of hydrogen-bond donors (Lipinski definition) is 1. The molecular formula is C12H27N3. The van der Waals surface area contributed by atoms with Crippen molar-refractivity contribution >= 4 is 0 Å². The van der Waals surface area contributed by atoms with Crippen molar-refractivity contribution in [1.82, 2.24) is 9.80 Å². The Morgan fingerprint density at radius 1 is 1.07 bits per heavy atom. The Morgan fingerprint density at radius 2 is 1.60 bits per heavy atom. The standard InChI is InChI=1S/C12H27N3/c1-4-11(5-2)12(10-13)15-8-6-14(3)7-9-15/h11-12H,4-10,13H2,1-3H3. The van der Waals surface area contributed by atoms with Crippen molar-refractivity contribution in [2.75, 3.05) is 39.8 Å². The molecule has 2 N–H and O–H groups in total. The Bertz CT molecular complexity index is 160. The molecule has 15 heavy (non-hydrogen) atoms. The van der Waals surface area contributed by atoms with E-state index in [1.54, 1.807) is 0 Å². The first-order valence-electron chi connectivity index (χ1n) is 6.35. The fourth-order valence-electron chi connectivity index (χ4n) is 2.63. The van der Waals surface area contributed by atoms with E-state index in [9.17, 15) is 0 Å². The van der Waals surface area contributed by atoms with Crippen molar-refractivity contribution in [1.29, 1.82) is 0 Å². The monoisotopic (exact) mass is 213 g/mol. The molecule has 0 amide bonds. The lowest BCUT2D eigenvalue weighted by molar-refractivity contribution is 0.0812. The van der Waals surface area contributed by atoms with Gasteiger partial charge in [-0.3, -0.25) is 4.90 Å². The van der Waals surface area contributed by atoms with Crippen LogP contribution in [0.2, 0.25) is 0 Å². The van der Waals surface area contributed by atoms with Crippen molar-refractivity contribution in [3.63, 3.8) is 0 Å². The molecule has 0 aromatic rings. The summed E-state index contributed by atoms with van der Waals surface area (Å²) >= 11 is 0. The van der Waals surface area contributed by atoms with Crippen molar-refractivity contribution < 1.29 is 0 Å². The highest BCUT2D eigenvalue weighted by atomic mass is 15.3. The topological polar surface area (TPSA) is 32.5 Å². The molecule has 1 fully saturated rings. The van der Waals surface area contributed by atoms with Gasteiger partial charge in [0.1, 0.15) is 0 Å². The number of rotatable bonds is 5. The average Bonchev–Trinajstić information content (AvgIpc) is 2.27. The molecule has 0 aliphatic carbocycles. The summed E-state index contributed by atoms with van der Waals surface area (Å²) in [4.78, 5) is 4.99. The van der Waals surface area contributed by atoms with Crippen molar-refractivity contribution in [3.05, 3.63) is 0 Å². The number of piperazine rings is 1. The normalized spacial score (nSPS) is 22.2. The van der Waals surface area contributed by atoms with Gasteiger partial charge < -0.3 is 10.6 Å².